The Morgan fingerprint density at radius 1 is 1.31 bits per heavy atom. The minimum atomic E-state index is -0.0685. The predicted molar refractivity (Wildman–Crippen MR) is 101 cm³/mol. The Balaban J connectivity index is 1.53. The van der Waals surface area contributed by atoms with Crippen molar-refractivity contribution in [3.63, 3.8) is 0 Å². The van der Waals surface area contributed by atoms with Crippen LogP contribution >= 0.6 is 0 Å². The number of rotatable bonds is 3. The molecule has 3 aromatic rings. The molecular weight excluding hydrogens is 326 g/mol. The van der Waals surface area contributed by atoms with Gasteiger partial charge in [0.25, 0.3) is 0 Å². The Labute approximate surface area is 153 Å². The topological polar surface area (TPSA) is 58.2 Å². The monoisotopic (exact) mass is 349 g/mol. The van der Waals surface area contributed by atoms with Crippen LogP contribution in [0.1, 0.15) is 29.7 Å². The number of aromatic amines is 1. The number of hydrogen-bond donors (Lipinski definition) is 1. The quantitative estimate of drug-likeness (QED) is 0.788. The average Bonchev–Trinajstić information content (AvgIpc) is 3.06. The molecule has 1 N–H and O–H groups in total. The highest BCUT2D eigenvalue weighted by molar-refractivity contribution is 5.87. The summed E-state index contributed by atoms with van der Waals surface area (Å²) in [5, 5.41) is 1.01. The zero-order valence-corrected chi connectivity index (χ0v) is 15.1. The van der Waals surface area contributed by atoms with Gasteiger partial charge in [0, 0.05) is 17.8 Å². The van der Waals surface area contributed by atoms with E-state index in [1.807, 2.05) is 42.3 Å². The van der Waals surface area contributed by atoms with Crippen LogP contribution in [0.2, 0.25) is 0 Å². The fourth-order valence-corrected chi connectivity index (χ4v) is 3.66. The van der Waals surface area contributed by atoms with E-state index < -0.39 is 0 Å². The maximum Gasteiger partial charge on any atom is 0.227 e. The van der Waals surface area contributed by atoms with Crippen LogP contribution in [-0.2, 0) is 16.0 Å². The molecule has 4 rings (SSSR count). The van der Waals surface area contributed by atoms with Crippen molar-refractivity contribution in [1.82, 2.24) is 14.9 Å². The number of fused-ring (bicyclic) bond motifs is 1. The van der Waals surface area contributed by atoms with Crippen LogP contribution in [0.5, 0.6) is 0 Å². The summed E-state index contributed by atoms with van der Waals surface area (Å²) in [6.07, 6.45) is 3.94. The van der Waals surface area contributed by atoms with E-state index in [2.05, 4.69) is 29.0 Å². The average molecular weight is 349 g/mol. The summed E-state index contributed by atoms with van der Waals surface area (Å²) in [5.74, 6) is 0.129. The van der Waals surface area contributed by atoms with Gasteiger partial charge in [0.2, 0.25) is 5.91 Å². The second-order valence-electron chi connectivity index (χ2n) is 6.96. The van der Waals surface area contributed by atoms with E-state index >= 15 is 0 Å². The van der Waals surface area contributed by atoms with Gasteiger partial charge in [0.15, 0.2) is 0 Å². The van der Waals surface area contributed by atoms with Crippen molar-refractivity contribution in [2.24, 2.45) is 0 Å². The summed E-state index contributed by atoms with van der Waals surface area (Å²) in [6, 6.07) is 12.2. The van der Waals surface area contributed by atoms with Crippen LogP contribution in [0.25, 0.3) is 11.0 Å². The van der Waals surface area contributed by atoms with E-state index in [0.717, 1.165) is 22.2 Å². The lowest BCUT2D eigenvalue weighted by molar-refractivity contribution is -0.143. The van der Waals surface area contributed by atoms with Gasteiger partial charge in [0.05, 0.1) is 25.6 Å². The van der Waals surface area contributed by atoms with Gasteiger partial charge in [0.1, 0.15) is 11.8 Å². The van der Waals surface area contributed by atoms with Gasteiger partial charge < -0.3 is 14.6 Å². The van der Waals surface area contributed by atoms with Crippen LogP contribution in [0, 0.1) is 6.92 Å². The van der Waals surface area contributed by atoms with Crippen LogP contribution < -0.4 is 0 Å². The third kappa shape index (κ3) is 3.10. The second kappa shape index (κ2) is 6.92. The van der Waals surface area contributed by atoms with Gasteiger partial charge in [-0.25, -0.2) is 4.98 Å². The number of carbonyl (C=O) groups excluding carboxylic acids is 1. The number of H-pyrrole nitrogens is 1. The summed E-state index contributed by atoms with van der Waals surface area (Å²) < 4.78 is 6.03. The third-order valence-corrected chi connectivity index (χ3v) is 5.17. The maximum absolute atomic E-state index is 13.0. The summed E-state index contributed by atoms with van der Waals surface area (Å²) in [6.45, 7) is 5.27. The molecule has 0 bridgehead atoms. The zero-order valence-electron chi connectivity index (χ0n) is 15.1. The molecule has 2 unspecified atom stereocenters. The highest BCUT2D eigenvalue weighted by Gasteiger charge is 2.31. The number of aromatic nitrogens is 2. The Morgan fingerprint density at radius 2 is 2.15 bits per heavy atom. The number of aryl methyl sites for hydroxylation is 1. The summed E-state index contributed by atoms with van der Waals surface area (Å²) >= 11 is 0. The molecule has 3 heterocycles. The lowest BCUT2D eigenvalue weighted by Gasteiger charge is -2.38. The van der Waals surface area contributed by atoms with Crippen LogP contribution in [0.15, 0.2) is 48.8 Å². The number of benzene rings is 1. The number of ether oxygens (including phenoxy) is 1. The molecule has 26 heavy (non-hydrogen) atoms. The van der Waals surface area contributed by atoms with E-state index in [-0.39, 0.29) is 18.1 Å². The molecule has 1 amide bonds. The first-order valence-corrected chi connectivity index (χ1v) is 9.01. The van der Waals surface area contributed by atoms with Gasteiger partial charge in [-0.05, 0) is 42.7 Å². The van der Waals surface area contributed by atoms with Crippen LogP contribution in [0.3, 0.4) is 0 Å². The highest BCUT2D eigenvalue weighted by atomic mass is 16.5. The molecule has 1 aromatic carbocycles. The smallest absolute Gasteiger partial charge is 0.227 e. The molecule has 0 radical (unpaired) electrons. The SMILES string of the molecule is Cc1ccccc1C1CN(C(=O)Cc2c[nH]c3ncccc23)C(C)CO1. The Hall–Kier alpha value is -2.66. The summed E-state index contributed by atoms with van der Waals surface area (Å²) in [7, 11) is 0. The van der Waals surface area contributed by atoms with Gasteiger partial charge >= 0.3 is 0 Å². The first-order valence-electron chi connectivity index (χ1n) is 9.01. The molecule has 2 aromatic heterocycles. The number of nitrogens with one attached hydrogen (secondary N) is 1. The molecule has 0 aliphatic carbocycles. The van der Waals surface area contributed by atoms with Gasteiger partial charge in [-0.1, -0.05) is 24.3 Å². The zero-order chi connectivity index (χ0) is 18.1. The molecule has 1 aliphatic rings. The number of morpholine rings is 1. The lowest BCUT2D eigenvalue weighted by atomic mass is 10.0. The molecule has 1 aliphatic heterocycles. The predicted octanol–water partition coefficient (Wildman–Crippen LogP) is 3.40. The molecule has 134 valence electrons. The fraction of sp³-hybridized carbons (Fsp3) is 0.333. The highest BCUT2D eigenvalue weighted by Crippen LogP contribution is 2.28. The van der Waals surface area contributed by atoms with Crippen molar-refractivity contribution in [3.05, 3.63) is 65.5 Å². The lowest BCUT2D eigenvalue weighted by Crippen LogP contribution is -2.48. The first-order chi connectivity index (χ1) is 12.6. The third-order valence-electron chi connectivity index (χ3n) is 5.17. The maximum atomic E-state index is 13.0. The van der Waals surface area contributed by atoms with Crippen LogP contribution in [-0.4, -0.2) is 40.0 Å². The number of nitrogens with zero attached hydrogens (tertiary/aromatic N) is 2. The van der Waals surface area contributed by atoms with E-state index in [4.69, 9.17) is 4.74 Å². The molecule has 0 saturated carbocycles. The van der Waals surface area contributed by atoms with Gasteiger partial charge in [-0.2, -0.15) is 0 Å². The fourth-order valence-electron chi connectivity index (χ4n) is 3.66. The van der Waals surface area contributed by atoms with Crippen LogP contribution in [0.4, 0.5) is 0 Å². The summed E-state index contributed by atoms with van der Waals surface area (Å²) in [5.41, 5.74) is 4.17. The molecule has 1 fully saturated rings. The number of carbonyl (C=O) groups is 1. The molecule has 5 heteroatoms. The normalized spacial score (nSPS) is 20.5. The summed E-state index contributed by atoms with van der Waals surface area (Å²) in [4.78, 5) is 22.4. The van der Waals surface area contributed by atoms with E-state index in [0.29, 0.717) is 19.6 Å². The van der Waals surface area contributed by atoms with Crippen molar-refractivity contribution in [2.45, 2.75) is 32.4 Å². The van der Waals surface area contributed by atoms with E-state index in [1.54, 1.807) is 6.20 Å². The number of hydrogen-bond acceptors (Lipinski definition) is 3. The van der Waals surface area contributed by atoms with Crippen molar-refractivity contribution in [1.29, 1.82) is 0 Å². The Morgan fingerprint density at radius 3 is 3.00 bits per heavy atom. The van der Waals surface area contributed by atoms with Crippen molar-refractivity contribution in [3.8, 4) is 0 Å². The standard InChI is InChI=1S/C21H23N3O2/c1-14-6-3-4-7-17(14)19-12-24(15(2)13-26-19)20(25)10-16-11-23-21-18(16)8-5-9-22-21/h3-9,11,15,19H,10,12-13H2,1-2H3,(H,22,23). The molecule has 1 saturated heterocycles. The molecule has 2 atom stereocenters. The number of pyridine rings is 1. The molecular formula is C21H23N3O2. The van der Waals surface area contributed by atoms with E-state index in [1.165, 1.54) is 5.56 Å². The van der Waals surface area contributed by atoms with Gasteiger partial charge in [-0.3, -0.25) is 4.79 Å². The first kappa shape index (κ1) is 16.8. The van der Waals surface area contributed by atoms with Gasteiger partial charge in [-0.15, -0.1) is 0 Å². The number of amides is 1. The Kier molecular flexibility index (Phi) is 4.47. The van der Waals surface area contributed by atoms with E-state index in [9.17, 15) is 4.79 Å². The molecule has 5 nitrogen and oxygen atoms in total. The second-order valence-corrected chi connectivity index (χ2v) is 6.96. The largest absolute Gasteiger partial charge is 0.370 e. The van der Waals surface area contributed by atoms with Crippen molar-refractivity contribution >= 4 is 16.9 Å². The van der Waals surface area contributed by atoms with Crippen molar-refractivity contribution in [2.75, 3.05) is 13.2 Å². The minimum absolute atomic E-state index is 0.0685. The molecule has 0 spiro atoms. The Bertz CT molecular complexity index is 934. The van der Waals surface area contributed by atoms with Crippen molar-refractivity contribution < 1.29 is 9.53 Å². The minimum Gasteiger partial charge on any atom is -0.370 e.